The first-order valence-corrected chi connectivity index (χ1v) is 14.4. The quantitative estimate of drug-likeness (QED) is 0.175. The van der Waals surface area contributed by atoms with Gasteiger partial charge in [0, 0.05) is 17.9 Å². The molecular weight excluding hydrogens is 611 g/mol. The number of amides is 1. The zero-order valence-corrected chi connectivity index (χ0v) is 25.3. The van der Waals surface area contributed by atoms with Gasteiger partial charge in [-0.3, -0.25) is 10.0 Å². The minimum absolute atomic E-state index is 0.136. The van der Waals surface area contributed by atoms with Crippen LogP contribution in [0, 0.1) is 12.3 Å². The van der Waals surface area contributed by atoms with Crippen molar-refractivity contribution in [3.8, 4) is 16.9 Å². The van der Waals surface area contributed by atoms with Gasteiger partial charge in [0.2, 0.25) is 6.79 Å². The summed E-state index contributed by atoms with van der Waals surface area (Å²) in [5, 5.41) is 14.8. The molecule has 1 amide bonds. The molecule has 0 radical (unpaired) electrons. The Labute approximate surface area is 251 Å². The summed E-state index contributed by atoms with van der Waals surface area (Å²) in [4.78, 5) is 28.3. The van der Waals surface area contributed by atoms with Crippen LogP contribution in [0.3, 0.4) is 0 Å². The maximum Gasteiger partial charge on any atom is 0.435 e. The van der Waals surface area contributed by atoms with E-state index >= 15 is 0 Å². The van der Waals surface area contributed by atoms with Crippen molar-refractivity contribution in [2.75, 3.05) is 27.0 Å². The summed E-state index contributed by atoms with van der Waals surface area (Å²) in [6.07, 6.45) is -6.04. The third-order valence-electron chi connectivity index (χ3n) is 5.87. The Balaban J connectivity index is 1.60. The summed E-state index contributed by atoms with van der Waals surface area (Å²) in [6.45, 7) is 5.60. The number of esters is 1. The van der Waals surface area contributed by atoms with Gasteiger partial charge in [0.25, 0.3) is 10.0 Å². The van der Waals surface area contributed by atoms with Crippen LogP contribution >= 0.6 is 0 Å². The zero-order chi connectivity index (χ0) is 32.9. The molecule has 13 nitrogen and oxygen atoms in total. The largest absolute Gasteiger partial charge is 0.447 e. The van der Waals surface area contributed by atoms with E-state index in [9.17, 15) is 36.4 Å². The minimum atomic E-state index is -4.71. The summed E-state index contributed by atoms with van der Waals surface area (Å²) in [5.41, 5.74) is -0.249. The monoisotopic (exact) mass is 643 g/mol. The van der Waals surface area contributed by atoms with Crippen LogP contribution in [0.25, 0.3) is 16.9 Å². The highest BCUT2D eigenvalue weighted by atomic mass is 32.2. The second kappa shape index (κ2) is 13.7. The molecule has 3 aromatic rings. The Hall–Kier alpha value is -4.03. The number of sulfonamides is 1. The van der Waals surface area contributed by atoms with Gasteiger partial charge in [-0.05, 0) is 58.0 Å². The molecule has 0 saturated heterocycles. The van der Waals surface area contributed by atoms with Gasteiger partial charge in [-0.25, -0.2) is 27.5 Å². The topological polar surface area (TPSA) is 153 Å². The third-order valence-corrected chi connectivity index (χ3v) is 7.20. The average molecular weight is 644 g/mol. The molecule has 3 rings (SSSR count). The molecule has 44 heavy (non-hydrogen) atoms. The highest BCUT2D eigenvalue weighted by Crippen LogP contribution is 2.33. The molecule has 0 aliphatic carbocycles. The van der Waals surface area contributed by atoms with Crippen LogP contribution in [0.4, 0.5) is 18.0 Å². The van der Waals surface area contributed by atoms with Gasteiger partial charge in [0.1, 0.15) is 6.61 Å². The Morgan fingerprint density at radius 2 is 1.64 bits per heavy atom. The van der Waals surface area contributed by atoms with Crippen LogP contribution in [-0.2, 0) is 35.3 Å². The number of ether oxygens (including phenoxy) is 2. The molecule has 0 atom stereocenters. The maximum absolute atomic E-state index is 13.5. The van der Waals surface area contributed by atoms with Gasteiger partial charge < -0.3 is 9.47 Å². The molecule has 0 unspecified atom stereocenters. The molecule has 2 aromatic carbocycles. The van der Waals surface area contributed by atoms with Gasteiger partial charge in [-0.1, -0.05) is 29.8 Å². The van der Waals surface area contributed by atoms with Crippen molar-refractivity contribution >= 4 is 22.1 Å². The van der Waals surface area contributed by atoms with E-state index in [0.717, 1.165) is 33.5 Å². The number of aromatic nitrogens is 2. The van der Waals surface area contributed by atoms with Crippen molar-refractivity contribution in [2.45, 2.75) is 38.8 Å². The van der Waals surface area contributed by atoms with Gasteiger partial charge in [0.15, 0.2) is 5.69 Å². The van der Waals surface area contributed by atoms with Crippen molar-refractivity contribution in [2.24, 2.45) is 5.41 Å². The Morgan fingerprint density at radius 3 is 2.20 bits per heavy atom. The van der Waals surface area contributed by atoms with Crippen LogP contribution in [0.15, 0.2) is 59.5 Å². The van der Waals surface area contributed by atoms with Crippen LogP contribution in [0.2, 0.25) is 0 Å². The first-order valence-electron chi connectivity index (χ1n) is 12.9. The summed E-state index contributed by atoms with van der Waals surface area (Å²) in [7, 11) is -3.08. The molecule has 0 spiro atoms. The van der Waals surface area contributed by atoms with E-state index in [4.69, 9.17) is 14.3 Å². The third kappa shape index (κ3) is 9.23. The van der Waals surface area contributed by atoms with Crippen molar-refractivity contribution in [3.05, 3.63) is 65.9 Å². The molecule has 0 fully saturated rings. The number of halogens is 3. The molecule has 0 aliphatic heterocycles. The van der Waals surface area contributed by atoms with Gasteiger partial charge in [-0.2, -0.15) is 23.3 Å². The van der Waals surface area contributed by atoms with Crippen molar-refractivity contribution in [1.82, 2.24) is 24.8 Å². The highest BCUT2D eigenvalue weighted by molar-refractivity contribution is 7.90. The SMILES string of the molecule is Cc1ccc(-c2cc(C(F)(F)F)nn2-c2ccc(S(=O)(=O)NC(=O)OCCN(C)N(O)OCOC(=O)C(C)(C)C)cc2)cc1. The second-order valence-electron chi connectivity index (χ2n) is 10.5. The number of hydrogen-bond donors (Lipinski definition) is 2. The number of hydrogen-bond acceptors (Lipinski definition) is 11. The lowest BCUT2D eigenvalue weighted by molar-refractivity contribution is -0.451. The van der Waals surface area contributed by atoms with E-state index in [1.807, 2.05) is 6.92 Å². The molecule has 17 heteroatoms. The van der Waals surface area contributed by atoms with Crippen LogP contribution in [0.1, 0.15) is 32.0 Å². The van der Waals surface area contributed by atoms with E-state index in [1.54, 1.807) is 49.8 Å². The Kier molecular flexibility index (Phi) is 10.8. The van der Waals surface area contributed by atoms with E-state index in [2.05, 4.69) is 5.10 Å². The summed E-state index contributed by atoms with van der Waals surface area (Å²) < 4.78 is 78.2. The fourth-order valence-corrected chi connectivity index (χ4v) is 4.30. The van der Waals surface area contributed by atoms with Crippen molar-refractivity contribution in [1.29, 1.82) is 0 Å². The van der Waals surface area contributed by atoms with E-state index in [1.165, 1.54) is 19.2 Å². The number of benzene rings is 2. The maximum atomic E-state index is 13.5. The molecule has 2 N–H and O–H groups in total. The number of nitrogens with one attached hydrogen (secondary N) is 1. The summed E-state index contributed by atoms with van der Waals surface area (Å²) in [5.74, 6) is -0.562. The van der Waals surface area contributed by atoms with Gasteiger partial charge in [0.05, 0.1) is 28.2 Å². The summed E-state index contributed by atoms with van der Waals surface area (Å²) in [6, 6.07) is 12.3. The van der Waals surface area contributed by atoms with Gasteiger partial charge >= 0.3 is 18.2 Å². The number of carbonyl (C=O) groups excluding carboxylic acids is 2. The number of likely N-dealkylation sites (N-methyl/N-ethyl adjacent to an activating group) is 1. The standard InChI is InChI=1S/C27H32F3N5O8S/c1-18-6-8-19(9-7-18)22-16-23(27(28,29)30)31-34(22)20-10-12-21(13-11-20)44(39,40)32-25(37)41-15-14-33(5)35(38)43-17-42-24(36)26(2,3)4/h6-13,16,38H,14-15,17H2,1-5H3,(H,32,37). The van der Waals surface area contributed by atoms with Crippen molar-refractivity contribution < 1.29 is 50.7 Å². The lowest BCUT2D eigenvalue weighted by Crippen LogP contribution is -2.41. The van der Waals surface area contributed by atoms with E-state index < -0.39 is 46.2 Å². The fourth-order valence-electron chi connectivity index (χ4n) is 3.41. The zero-order valence-electron chi connectivity index (χ0n) is 24.5. The first kappa shape index (κ1) is 34.5. The molecule has 0 saturated carbocycles. The van der Waals surface area contributed by atoms with Crippen LogP contribution in [-0.4, -0.2) is 72.8 Å². The number of nitrogens with zero attached hydrogens (tertiary/aromatic N) is 4. The fraction of sp³-hybridized carbons (Fsp3) is 0.370. The smallest absolute Gasteiger partial charge is 0.435 e. The number of rotatable bonds is 11. The number of alkyl halides is 3. The lowest BCUT2D eigenvalue weighted by atomic mass is 9.98. The molecule has 1 heterocycles. The first-order chi connectivity index (χ1) is 20.4. The van der Waals surface area contributed by atoms with Crippen molar-refractivity contribution in [3.63, 3.8) is 0 Å². The molecule has 240 valence electrons. The Bertz CT molecular complexity index is 1550. The van der Waals surface area contributed by atoms with Crippen LogP contribution in [0.5, 0.6) is 0 Å². The summed E-state index contributed by atoms with van der Waals surface area (Å²) >= 11 is 0. The van der Waals surface area contributed by atoms with E-state index in [0.29, 0.717) is 5.56 Å². The highest BCUT2D eigenvalue weighted by Gasteiger charge is 2.35. The van der Waals surface area contributed by atoms with E-state index in [-0.39, 0.29) is 34.8 Å². The lowest BCUT2D eigenvalue weighted by Gasteiger charge is -2.24. The predicted molar refractivity (Wildman–Crippen MR) is 148 cm³/mol. The van der Waals surface area contributed by atoms with Crippen LogP contribution < -0.4 is 4.72 Å². The molecular formula is C27H32F3N5O8S. The molecule has 1 aromatic heterocycles. The average Bonchev–Trinajstić information content (AvgIpc) is 3.39. The normalized spacial score (nSPS) is 12.4. The minimum Gasteiger partial charge on any atom is -0.447 e. The number of hydrazine groups is 1. The Morgan fingerprint density at radius 1 is 1.02 bits per heavy atom. The number of carbonyl (C=O) groups is 2. The second-order valence-corrected chi connectivity index (χ2v) is 12.2. The number of aryl methyl sites for hydroxylation is 1. The van der Waals surface area contributed by atoms with Gasteiger partial charge in [-0.15, -0.1) is 0 Å². The molecule has 0 bridgehead atoms. The molecule has 0 aliphatic rings. The predicted octanol–water partition coefficient (Wildman–Crippen LogP) is 4.30.